The zero-order valence-electron chi connectivity index (χ0n) is 14.4. The molecule has 126 valence electrons. The predicted molar refractivity (Wildman–Crippen MR) is 97.6 cm³/mol. The molecular weight excluding hydrogens is 302 g/mol. The maximum atomic E-state index is 5.80. The fourth-order valence-corrected chi connectivity index (χ4v) is 2.84. The number of aryl methyl sites for hydroxylation is 1. The van der Waals surface area contributed by atoms with Crippen molar-refractivity contribution in [2.24, 2.45) is 0 Å². The van der Waals surface area contributed by atoms with Crippen molar-refractivity contribution < 1.29 is 9.47 Å². The Bertz CT molecular complexity index is 838. The van der Waals surface area contributed by atoms with Crippen LogP contribution in [0.5, 0.6) is 11.5 Å². The molecule has 2 aromatic carbocycles. The van der Waals surface area contributed by atoms with Gasteiger partial charge in [-0.2, -0.15) is 0 Å². The van der Waals surface area contributed by atoms with E-state index in [1.54, 1.807) is 0 Å². The fourth-order valence-electron chi connectivity index (χ4n) is 2.84. The number of anilines is 1. The lowest BCUT2D eigenvalue weighted by molar-refractivity contribution is 0.288. The molecular formula is C19H23N3O2. The number of imidazole rings is 1. The van der Waals surface area contributed by atoms with E-state index in [1.807, 2.05) is 50.2 Å². The minimum Gasteiger partial charge on any atom is -0.490 e. The molecule has 0 atom stereocenters. The van der Waals surface area contributed by atoms with E-state index in [9.17, 15) is 0 Å². The highest BCUT2D eigenvalue weighted by molar-refractivity contribution is 5.84. The number of hydrogen-bond acceptors (Lipinski definition) is 4. The first-order valence-corrected chi connectivity index (χ1v) is 8.33. The molecule has 0 amide bonds. The van der Waals surface area contributed by atoms with Crippen LogP contribution in [0.25, 0.3) is 22.4 Å². The van der Waals surface area contributed by atoms with E-state index in [1.165, 1.54) is 0 Å². The number of rotatable bonds is 6. The third-order valence-corrected chi connectivity index (χ3v) is 3.90. The van der Waals surface area contributed by atoms with Crippen LogP contribution in [0, 0.1) is 0 Å². The van der Waals surface area contributed by atoms with Gasteiger partial charge in [0, 0.05) is 29.9 Å². The van der Waals surface area contributed by atoms with E-state index in [0.29, 0.717) is 13.2 Å². The lowest BCUT2D eigenvalue weighted by atomic mass is 10.2. The third-order valence-electron chi connectivity index (χ3n) is 3.90. The maximum Gasteiger partial charge on any atom is 0.163 e. The Hall–Kier alpha value is -2.69. The van der Waals surface area contributed by atoms with Gasteiger partial charge in [-0.05, 0) is 45.0 Å². The van der Waals surface area contributed by atoms with Crippen LogP contribution in [-0.4, -0.2) is 22.8 Å². The van der Waals surface area contributed by atoms with Crippen LogP contribution in [0.15, 0.2) is 36.4 Å². The topological polar surface area (TPSA) is 62.3 Å². The van der Waals surface area contributed by atoms with Crippen molar-refractivity contribution in [1.29, 1.82) is 0 Å². The van der Waals surface area contributed by atoms with Crippen LogP contribution in [-0.2, 0) is 6.54 Å². The normalized spacial score (nSPS) is 11.0. The summed E-state index contributed by atoms with van der Waals surface area (Å²) in [6, 6.07) is 11.8. The van der Waals surface area contributed by atoms with Gasteiger partial charge in [0.05, 0.1) is 24.2 Å². The second-order valence-corrected chi connectivity index (χ2v) is 5.46. The molecule has 1 heterocycles. The largest absolute Gasteiger partial charge is 0.490 e. The Morgan fingerprint density at radius 3 is 2.17 bits per heavy atom. The minimum atomic E-state index is 0.588. The third kappa shape index (κ3) is 2.89. The summed E-state index contributed by atoms with van der Waals surface area (Å²) in [4.78, 5) is 4.81. The lowest BCUT2D eigenvalue weighted by Crippen LogP contribution is -2.00. The van der Waals surface area contributed by atoms with E-state index in [-0.39, 0.29) is 0 Å². The van der Waals surface area contributed by atoms with Crippen molar-refractivity contribution in [1.82, 2.24) is 9.55 Å². The predicted octanol–water partition coefficient (Wildman–Crippen LogP) is 4.10. The number of nitrogens with two attached hydrogens (primary N) is 1. The summed E-state index contributed by atoms with van der Waals surface area (Å²) in [6.07, 6.45) is 0. The first-order chi connectivity index (χ1) is 11.7. The Labute approximate surface area is 142 Å². The van der Waals surface area contributed by atoms with Crippen molar-refractivity contribution in [3.05, 3.63) is 36.4 Å². The summed E-state index contributed by atoms with van der Waals surface area (Å²) < 4.78 is 13.6. The molecule has 1 aromatic heterocycles. The molecule has 0 aliphatic rings. The van der Waals surface area contributed by atoms with E-state index in [2.05, 4.69) is 11.5 Å². The highest BCUT2D eigenvalue weighted by Gasteiger charge is 2.16. The van der Waals surface area contributed by atoms with E-state index in [0.717, 1.165) is 46.2 Å². The summed E-state index contributed by atoms with van der Waals surface area (Å²) in [5, 5.41) is 0. The second kappa shape index (κ2) is 6.83. The van der Waals surface area contributed by atoms with Crippen molar-refractivity contribution in [3.8, 4) is 22.9 Å². The molecule has 2 N–H and O–H groups in total. The summed E-state index contributed by atoms with van der Waals surface area (Å²) >= 11 is 0. The Kier molecular flexibility index (Phi) is 4.60. The van der Waals surface area contributed by atoms with Gasteiger partial charge >= 0.3 is 0 Å². The maximum absolute atomic E-state index is 5.80. The van der Waals surface area contributed by atoms with Gasteiger partial charge in [0.1, 0.15) is 5.82 Å². The standard InChI is InChI=1S/C19H23N3O2/c1-4-22-16-12-18(24-6-3)17(23-5-2)11-15(16)21-19(22)13-7-9-14(20)10-8-13/h7-12H,4-6,20H2,1-3H3. The number of nitrogens with zero attached hydrogens (tertiary/aromatic N) is 2. The molecule has 24 heavy (non-hydrogen) atoms. The molecule has 0 unspecified atom stereocenters. The molecule has 3 aromatic rings. The fraction of sp³-hybridized carbons (Fsp3) is 0.316. The van der Waals surface area contributed by atoms with Gasteiger partial charge in [0.25, 0.3) is 0 Å². The first kappa shape index (κ1) is 16.2. The Morgan fingerprint density at radius 1 is 0.958 bits per heavy atom. The van der Waals surface area contributed by atoms with Gasteiger partial charge in [-0.3, -0.25) is 0 Å². The number of hydrogen-bond donors (Lipinski definition) is 1. The quantitative estimate of drug-likeness (QED) is 0.693. The minimum absolute atomic E-state index is 0.588. The number of benzene rings is 2. The summed E-state index contributed by atoms with van der Waals surface area (Å²) in [5.74, 6) is 2.41. The molecule has 3 rings (SSSR count). The highest BCUT2D eigenvalue weighted by atomic mass is 16.5. The summed E-state index contributed by atoms with van der Waals surface area (Å²) in [6.45, 7) is 8.04. The second-order valence-electron chi connectivity index (χ2n) is 5.46. The monoisotopic (exact) mass is 325 g/mol. The number of fused-ring (bicyclic) bond motifs is 1. The van der Waals surface area contributed by atoms with Crippen molar-refractivity contribution in [2.75, 3.05) is 18.9 Å². The van der Waals surface area contributed by atoms with Gasteiger partial charge in [0.2, 0.25) is 0 Å². The molecule has 0 spiro atoms. The summed E-state index contributed by atoms with van der Waals surface area (Å²) in [7, 11) is 0. The number of ether oxygens (including phenoxy) is 2. The van der Waals surface area contributed by atoms with Gasteiger partial charge in [-0.1, -0.05) is 0 Å². The molecule has 0 saturated carbocycles. The number of aromatic nitrogens is 2. The van der Waals surface area contributed by atoms with Crippen LogP contribution in [0.3, 0.4) is 0 Å². The highest BCUT2D eigenvalue weighted by Crippen LogP contribution is 2.35. The van der Waals surface area contributed by atoms with E-state index >= 15 is 0 Å². The van der Waals surface area contributed by atoms with Gasteiger partial charge in [-0.15, -0.1) is 0 Å². The molecule has 0 bridgehead atoms. The van der Waals surface area contributed by atoms with Crippen LogP contribution >= 0.6 is 0 Å². The van der Waals surface area contributed by atoms with E-state index < -0.39 is 0 Å². The zero-order valence-corrected chi connectivity index (χ0v) is 14.4. The van der Waals surface area contributed by atoms with Gasteiger partial charge < -0.3 is 19.8 Å². The van der Waals surface area contributed by atoms with Gasteiger partial charge in [-0.25, -0.2) is 4.98 Å². The molecule has 0 saturated heterocycles. The number of nitrogen functional groups attached to an aromatic ring is 1. The molecule has 5 nitrogen and oxygen atoms in total. The average Bonchev–Trinajstić information content (AvgIpc) is 2.93. The van der Waals surface area contributed by atoms with Crippen LogP contribution in [0.1, 0.15) is 20.8 Å². The van der Waals surface area contributed by atoms with E-state index in [4.69, 9.17) is 20.2 Å². The molecule has 0 aliphatic heterocycles. The lowest BCUT2D eigenvalue weighted by Gasteiger charge is -2.11. The molecule has 5 heteroatoms. The Balaban J connectivity index is 2.19. The first-order valence-electron chi connectivity index (χ1n) is 8.33. The van der Waals surface area contributed by atoms with Gasteiger partial charge in [0.15, 0.2) is 11.5 Å². The Morgan fingerprint density at radius 2 is 1.58 bits per heavy atom. The molecule has 0 aliphatic carbocycles. The van der Waals surface area contributed by atoms with Crippen molar-refractivity contribution >= 4 is 16.7 Å². The van der Waals surface area contributed by atoms with Crippen molar-refractivity contribution in [2.45, 2.75) is 27.3 Å². The van der Waals surface area contributed by atoms with Crippen LogP contribution in [0.2, 0.25) is 0 Å². The van der Waals surface area contributed by atoms with Crippen LogP contribution < -0.4 is 15.2 Å². The molecule has 0 radical (unpaired) electrons. The van der Waals surface area contributed by atoms with Crippen molar-refractivity contribution in [3.63, 3.8) is 0 Å². The zero-order chi connectivity index (χ0) is 17.1. The molecule has 0 fully saturated rings. The van der Waals surface area contributed by atoms with Crippen LogP contribution in [0.4, 0.5) is 5.69 Å². The summed E-state index contributed by atoms with van der Waals surface area (Å²) in [5.41, 5.74) is 9.52. The average molecular weight is 325 g/mol. The smallest absolute Gasteiger partial charge is 0.163 e. The SMILES string of the molecule is CCOc1cc2nc(-c3ccc(N)cc3)n(CC)c2cc1OCC.